The Labute approximate surface area is 131 Å². The Bertz CT molecular complexity index is 640. The number of quaternary nitrogens is 1. The van der Waals surface area contributed by atoms with Gasteiger partial charge >= 0.3 is 0 Å². The third-order valence-electron chi connectivity index (χ3n) is 3.98. The van der Waals surface area contributed by atoms with Gasteiger partial charge in [0, 0.05) is 12.8 Å². The van der Waals surface area contributed by atoms with E-state index >= 15 is 0 Å². The summed E-state index contributed by atoms with van der Waals surface area (Å²) in [5, 5.41) is 4.39. The second kappa shape index (κ2) is 6.54. The van der Waals surface area contributed by atoms with E-state index in [1.807, 2.05) is 11.4 Å². The highest BCUT2D eigenvalue weighted by Gasteiger charge is 2.32. The molecular formula is C16H17F2N2OS+. The fourth-order valence-electron chi connectivity index (χ4n) is 2.96. The highest BCUT2D eigenvalue weighted by Crippen LogP contribution is 2.23. The summed E-state index contributed by atoms with van der Waals surface area (Å²) in [7, 11) is 0. The maximum absolute atomic E-state index is 13.6. The van der Waals surface area contributed by atoms with Gasteiger partial charge in [-0.2, -0.15) is 0 Å². The number of thiophene rings is 1. The molecule has 2 N–H and O–H groups in total. The van der Waals surface area contributed by atoms with Gasteiger partial charge in [-0.3, -0.25) is 4.79 Å². The maximum atomic E-state index is 13.6. The lowest BCUT2D eigenvalue weighted by Gasteiger charge is -2.20. The van der Waals surface area contributed by atoms with E-state index in [1.165, 1.54) is 10.9 Å². The van der Waals surface area contributed by atoms with Gasteiger partial charge in [0.2, 0.25) is 0 Å². The van der Waals surface area contributed by atoms with Crippen LogP contribution in [0.15, 0.2) is 35.7 Å². The molecule has 1 fully saturated rings. The Kier molecular flexibility index (Phi) is 4.49. The third kappa shape index (κ3) is 3.18. The van der Waals surface area contributed by atoms with Crippen LogP contribution in [0, 0.1) is 11.6 Å². The zero-order chi connectivity index (χ0) is 15.5. The monoisotopic (exact) mass is 323 g/mol. The number of rotatable bonds is 4. The van der Waals surface area contributed by atoms with Crippen molar-refractivity contribution in [2.24, 2.45) is 0 Å². The molecule has 3 rings (SSSR count). The van der Waals surface area contributed by atoms with Gasteiger partial charge < -0.3 is 10.2 Å². The van der Waals surface area contributed by atoms with Gasteiger partial charge in [0.1, 0.15) is 23.4 Å². The highest BCUT2D eigenvalue weighted by molar-refractivity contribution is 7.10. The van der Waals surface area contributed by atoms with E-state index in [-0.39, 0.29) is 18.1 Å². The summed E-state index contributed by atoms with van der Waals surface area (Å²) in [4.78, 5) is 14.5. The van der Waals surface area contributed by atoms with E-state index in [4.69, 9.17) is 0 Å². The first-order valence-corrected chi connectivity index (χ1v) is 8.15. The fourth-order valence-corrected chi connectivity index (χ4v) is 3.88. The molecule has 1 aromatic heterocycles. The van der Waals surface area contributed by atoms with E-state index in [9.17, 15) is 13.6 Å². The second-order valence-corrected chi connectivity index (χ2v) is 6.42. The molecule has 22 heavy (non-hydrogen) atoms. The van der Waals surface area contributed by atoms with Crippen LogP contribution in [0.25, 0.3) is 0 Å². The minimum atomic E-state index is -0.750. The summed E-state index contributed by atoms with van der Waals surface area (Å²) in [5.74, 6) is -1.86. The Morgan fingerprint density at radius 2 is 2.05 bits per heavy atom. The quantitative estimate of drug-likeness (QED) is 0.890. The van der Waals surface area contributed by atoms with Crippen LogP contribution in [-0.4, -0.2) is 19.0 Å². The second-order valence-electron chi connectivity index (χ2n) is 5.44. The van der Waals surface area contributed by atoms with E-state index < -0.39 is 11.6 Å². The van der Waals surface area contributed by atoms with E-state index in [0.717, 1.165) is 36.4 Å². The number of hydrogen-bond acceptors (Lipinski definition) is 2. The molecule has 1 aromatic carbocycles. The summed E-state index contributed by atoms with van der Waals surface area (Å²) in [6.45, 7) is 1.12. The molecule has 2 atom stereocenters. The third-order valence-corrected chi connectivity index (χ3v) is 4.97. The molecule has 116 valence electrons. The molecule has 0 radical (unpaired) electrons. The summed E-state index contributed by atoms with van der Waals surface area (Å²) < 4.78 is 27.1. The van der Waals surface area contributed by atoms with Crippen LogP contribution in [0.3, 0.4) is 0 Å². The number of amides is 1. The Morgan fingerprint density at radius 3 is 2.73 bits per heavy atom. The number of carbonyl (C=O) groups excluding carboxylic acids is 1. The van der Waals surface area contributed by atoms with Crippen molar-refractivity contribution in [2.75, 3.05) is 18.4 Å². The molecule has 1 unspecified atom stereocenters. The van der Waals surface area contributed by atoms with Crippen molar-refractivity contribution < 1.29 is 18.5 Å². The molecule has 3 nitrogen and oxygen atoms in total. The van der Waals surface area contributed by atoms with E-state index in [0.29, 0.717) is 6.04 Å². The lowest BCUT2D eigenvalue weighted by atomic mass is 10.2. The predicted octanol–water partition coefficient (Wildman–Crippen LogP) is 2.38. The minimum Gasteiger partial charge on any atom is -0.320 e. The molecule has 1 aliphatic rings. The van der Waals surface area contributed by atoms with Gasteiger partial charge in [-0.15, -0.1) is 11.3 Å². The van der Waals surface area contributed by atoms with Crippen LogP contribution in [0.5, 0.6) is 0 Å². The number of carbonyl (C=O) groups is 1. The average Bonchev–Trinajstić information content (AvgIpc) is 3.13. The Hall–Kier alpha value is -1.79. The average molecular weight is 323 g/mol. The molecular weight excluding hydrogens is 306 g/mol. The molecule has 6 heteroatoms. The largest absolute Gasteiger partial charge is 0.320 e. The summed E-state index contributed by atoms with van der Waals surface area (Å²) in [6, 6.07) is 7.93. The normalized spacial score (nSPS) is 21.0. The first kappa shape index (κ1) is 15.1. The van der Waals surface area contributed by atoms with Gasteiger partial charge in [0.15, 0.2) is 6.54 Å². The molecule has 1 saturated heterocycles. The number of anilines is 1. The number of nitrogens with one attached hydrogen (secondary N) is 2. The maximum Gasteiger partial charge on any atom is 0.279 e. The molecule has 1 amide bonds. The molecule has 0 aliphatic carbocycles. The van der Waals surface area contributed by atoms with Crippen molar-refractivity contribution in [3.8, 4) is 0 Å². The summed E-state index contributed by atoms with van der Waals surface area (Å²) >= 11 is 1.69. The molecule has 2 aromatic rings. The standard InChI is InChI=1S/C16H16F2N2OS/c17-11-4-1-5-12(18)16(11)19-15(21)10-20-8-2-6-13(20)14-7-3-9-22-14/h1,3-5,7,9,13H,2,6,8,10H2,(H,19,21)/p+1/t13-/m1/s1. The van der Waals surface area contributed by atoms with Gasteiger partial charge in [0.25, 0.3) is 5.91 Å². The van der Waals surface area contributed by atoms with Crippen molar-refractivity contribution in [2.45, 2.75) is 18.9 Å². The van der Waals surface area contributed by atoms with Crippen LogP contribution in [-0.2, 0) is 4.79 Å². The topological polar surface area (TPSA) is 33.5 Å². The number of para-hydroxylation sites is 1. The van der Waals surface area contributed by atoms with Crippen LogP contribution < -0.4 is 10.2 Å². The number of hydrogen-bond donors (Lipinski definition) is 2. The van der Waals surface area contributed by atoms with Crippen LogP contribution >= 0.6 is 11.3 Å². The molecule has 0 bridgehead atoms. The predicted molar refractivity (Wildman–Crippen MR) is 82.0 cm³/mol. The van der Waals surface area contributed by atoms with Crippen LogP contribution in [0.4, 0.5) is 14.5 Å². The minimum absolute atomic E-state index is 0.219. The zero-order valence-corrected chi connectivity index (χ0v) is 12.8. The van der Waals surface area contributed by atoms with Crippen molar-refractivity contribution in [3.05, 3.63) is 52.2 Å². The Morgan fingerprint density at radius 1 is 1.27 bits per heavy atom. The summed E-state index contributed by atoms with van der Waals surface area (Å²) in [6.07, 6.45) is 2.09. The summed E-state index contributed by atoms with van der Waals surface area (Å²) in [5.41, 5.74) is -0.362. The lowest BCUT2D eigenvalue weighted by Crippen LogP contribution is -3.11. The molecule has 0 saturated carbocycles. The molecule has 0 spiro atoms. The van der Waals surface area contributed by atoms with Crippen molar-refractivity contribution in [1.82, 2.24) is 0 Å². The number of likely N-dealkylation sites (tertiary alicyclic amines) is 1. The first-order valence-electron chi connectivity index (χ1n) is 7.27. The zero-order valence-electron chi connectivity index (χ0n) is 11.9. The molecule has 2 heterocycles. The lowest BCUT2D eigenvalue weighted by molar-refractivity contribution is -0.910. The van der Waals surface area contributed by atoms with Crippen molar-refractivity contribution in [1.29, 1.82) is 0 Å². The van der Waals surface area contributed by atoms with Crippen LogP contribution in [0.1, 0.15) is 23.8 Å². The number of halogens is 2. The van der Waals surface area contributed by atoms with Gasteiger partial charge in [-0.25, -0.2) is 8.78 Å². The smallest absolute Gasteiger partial charge is 0.279 e. The molecule has 1 aliphatic heterocycles. The fraction of sp³-hybridized carbons (Fsp3) is 0.312. The van der Waals surface area contributed by atoms with Gasteiger partial charge in [-0.05, 0) is 23.6 Å². The number of benzene rings is 1. The van der Waals surface area contributed by atoms with E-state index in [2.05, 4.69) is 11.4 Å². The van der Waals surface area contributed by atoms with Crippen LogP contribution in [0.2, 0.25) is 0 Å². The highest BCUT2D eigenvalue weighted by atomic mass is 32.1. The van der Waals surface area contributed by atoms with Gasteiger partial charge in [0.05, 0.1) is 11.4 Å². The van der Waals surface area contributed by atoms with Crippen molar-refractivity contribution in [3.63, 3.8) is 0 Å². The van der Waals surface area contributed by atoms with E-state index in [1.54, 1.807) is 11.3 Å². The van der Waals surface area contributed by atoms with Gasteiger partial charge in [-0.1, -0.05) is 12.1 Å². The van der Waals surface area contributed by atoms with Crippen molar-refractivity contribution >= 4 is 22.9 Å². The Balaban J connectivity index is 1.67. The first-order chi connectivity index (χ1) is 10.6. The SMILES string of the molecule is O=C(C[NH+]1CCC[C@@H]1c1cccs1)Nc1c(F)cccc1F.